The molecular weight excluding hydrogens is 389 g/mol. The molecule has 2 heterocycles. The lowest BCUT2D eigenvalue weighted by Crippen LogP contribution is -2.36. The van der Waals surface area contributed by atoms with Crippen LogP contribution in [-0.4, -0.2) is 44.8 Å². The van der Waals surface area contributed by atoms with Crippen LogP contribution in [0.15, 0.2) is 34.7 Å². The largest absolute Gasteiger partial charge is 0.453 e. The van der Waals surface area contributed by atoms with Gasteiger partial charge in [0.15, 0.2) is 15.6 Å². The van der Waals surface area contributed by atoms with E-state index in [0.29, 0.717) is 5.56 Å². The molecule has 0 aliphatic carbocycles. The van der Waals surface area contributed by atoms with Crippen molar-refractivity contribution >= 4 is 15.7 Å². The quantitative estimate of drug-likeness (QED) is 0.702. The lowest BCUT2D eigenvalue weighted by Gasteiger charge is -2.29. The number of aliphatic hydroxyl groups is 1. The smallest absolute Gasteiger partial charge is 0.289 e. The number of sulfone groups is 1. The van der Waals surface area contributed by atoms with Crippen LogP contribution in [0.4, 0.5) is 4.39 Å². The molecule has 0 bridgehead atoms. The number of benzene rings is 1. The Morgan fingerprint density at radius 2 is 1.93 bits per heavy atom. The monoisotopic (exact) mass is 411 g/mol. The Kier molecular flexibility index (Phi) is 5.87. The number of hydrogen-bond donors (Lipinski definition) is 2. The fourth-order valence-electron chi connectivity index (χ4n) is 3.14. The molecule has 1 aliphatic rings. The average molecular weight is 411 g/mol. The van der Waals surface area contributed by atoms with Crippen molar-refractivity contribution < 1.29 is 31.9 Å². The Morgan fingerprint density at radius 3 is 2.54 bits per heavy atom. The third-order valence-corrected chi connectivity index (χ3v) is 6.46. The summed E-state index contributed by atoms with van der Waals surface area (Å²) in [7, 11) is -1.75. The van der Waals surface area contributed by atoms with Gasteiger partial charge < -0.3 is 19.6 Å². The van der Waals surface area contributed by atoms with Gasteiger partial charge in [-0.25, -0.2) is 12.8 Å². The van der Waals surface area contributed by atoms with E-state index in [1.165, 1.54) is 19.2 Å². The van der Waals surface area contributed by atoms with E-state index in [0.717, 1.165) is 5.56 Å². The summed E-state index contributed by atoms with van der Waals surface area (Å²) < 4.78 is 47.1. The van der Waals surface area contributed by atoms with Crippen molar-refractivity contribution in [3.8, 4) is 0 Å². The van der Waals surface area contributed by atoms with Crippen LogP contribution in [0, 0.1) is 5.82 Å². The summed E-state index contributed by atoms with van der Waals surface area (Å²) in [6.45, 7) is -0.0205. The van der Waals surface area contributed by atoms with Gasteiger partial charge in [0.05, 0.1) is 11.5 Å². The van der Waals surface area contributed by atoms with Crippen molar-refractivity contribution in [1.29, 1.82) is 0 Å². The third-order valence-electron chi connectivity index (χ3n) is 4.81. The van der Waals surface area contributed by atoms with Crippen LogP contribution in [0.1, 0.15) is 40.3 Å². The van der Waals surface area contributed by atoms with Gasteiger partial charge in [-0.05, 0) is 36.6 Å². The maximum Gasteiger partial charge on any atom is 0.289 e. The third kappa shape index (κ3) is 4.60. The molecule has 152 valence electrons. The zero-order valence-corrected chi connectivity index (χ0v) is 16.2. The van der Waals surface area contributed by atoms with E-state index in [9.17, 15) is 22.7 Å². The number of halogens is 1. The van der Waals surface area contributed by atoms with E-state index >= 15 is 0 Å². The second kappa shape index (κ2) is 8.02. The maximum atomic E-state index is 13.2. The van der Waals surface area contributed by atoms with Crippen molar-refractivity contribution in [3.63, 3.8) is 0 Å². The van der Waals surface area contributed by atoms with Crippen molar-refractivity contribution in [1.82, 2.24) is 5.32 Å². The molecule has 1 aromatic heterocycles. The Balaban J connectivity index is 1.92. The molecule has 28 heavy (non-hydrogen) atoms. The van der Waals surface area contributed by atoms with E-state index in [1.54, 1.807) is 18.2 Å². The number of furan rings is 1. The lowest BCUT2D eigenvalue weighted by molar-refractivity contribution is 0.00422. The molecule has 0 radical (unpaired) electrons. The number of carbonyl (C=O) groups is 1. The van der Waals surface area contributed by atoms with Gasteiger partial charge in [-0.15, -0.1) is 0 Å². The highest BCUT2D eigenvalue weighted by Crippen LogP contribution is 2.36. The van der Waals surface area contributed by atoms with Crippen molar-refractivity contribution in [2.45, 2.75) is 24.9 Å². The van der Waals surface area contributed by atoms with E-state index in [-0.39, 0.29) is 54.8 Å². The highest BCUT2D eigenvalue weighted by molar-refractivity contribution is 7.91. The SMILES string of the molecule is COCNC(=O)c1oc(C2(O)CCS(=O)(=O)CC2)cc1Cc1ccc(F)cc1. The summed E-state index contributed by atoms with van der Waals surface area (Å²) in [5.74, 6) is -1.02. The van der Waals surface area contributed by atoms with Crippen LogP contribution in [0.5, 0.6) is 0 Å². The second-order valence-electron chi connectivity index (χ2n) is 6.89. The number of hydrogen-bond acceptors (Lipinski definition) is 6. The minimum Gasteiger partial charge on any atom is -0.453 e. The molecule has 1 amide bonds. The number of amides is 1. The van der Waals surface area contributed by atoms with Gasteiger partial charge in [-0.1, -0.05) is 12.1 Å². The summed E-state index contributed by atoms with van der Waals surface area (Å²) in [6, 6.07) is 7.41. The van der Waals surface area contributed by atoms with Gasteiger partial charge in [0.25, 0.3) is 5.91 Å². The average Bonchev–Trinajstić information content (AvgIpc) is 3.09. The lowest BCUT2D eigenvalue weighted by atomic mass is 9.93. The number of ether oxygens (including phenoxy) is 1. The zero-order chi connectivity index (χ0) is 20.4. The Hall–Kier alpha value is -2.23. The van der Waals surface area contributed by atoms with Crippen molar-refractivity contribution in [3.05, 3.63) is 58.8 Å². The van der Waals surface area contributed by atoms with E-state index in [2.05, 4.69) is 5.32 Å². The molecule has 1 fully saturated rings. The molecule has 0 unspecified atom stereocenters. The molecule has 2 N–H and O–H groups in total. The zero-order valence-electron chi connectivity index (χ0n) is 15.4. The summed E-state index contributed by atoms with van der Waals surface area (Å²) >= 11 is 0. The first kappa shape index (κ1) is 20.5. The highest BCUT2D eigenvalue weighted by atomic mass is 32.2. The molecule has 1 aromatic carbocycles. The van der Waals surface area contributed by atoms with Crippen LogP contribution in [0.2, 0.25) is 0 Å². The molecule has 7 nitrogen and oxygen atoms in total. The first-order chi connectivity index (χ1) is 13.2. The van der Waals surface area contributed by atoms with E-state index in [4.69, 9.17) is 9.15 Å². The normalized spacial score (nSPS) is 18.0. The number of nitrogens with one attached hydrogen (secondary N) is 1. The fourth-order valence-corrected chi connectivity index (χ4v) is 4.65. The molecule has 9 heteroatoms. The second-order valence-corrected chi connectivity index (χ2v) is 9.19. The van der Waals surface area contributed by atoms with Crippen LogP contribution in [-0.2, 0) is 26.6 Å². The van der Waals surface area contributed by atoms with Crippen molar-refractivity contribution in [2.75, 3.05) is 25.3 Å². The van der Waals surface area contributed by atoms with Crippen LogP contribution in [0.3, 0.4) is 0 Å². The summed E-state index contributed by atoms with van der Waals surface area (Å²) in [4.78, 5) is 12.4. The molecule has 1 saturated heterocycles. The fraction of sp³-hybridized carbons (Fsp3) is 0.421. The molecule has 1 aliphatic heterocycles. The van der Waals surface area contributed by atoms with Crippen LogP contribution >= 0.6 is 0 Å². The Labute approximate surface area is 162 Å². The van der Waals surface area contributed by atoms with Gasteiger partial charge in [-0.3, -0.25) is 4.79 Å². The minimum atomic E-state index is -3.18. The van der Waals surface area contributed by atoms with Gasteiger partial charge in [0.2, 0.25) is 0 Å². The van der Waals surface area contributed by atoms with E-state index in [1.807, 2.05) is 0 Å². The molecular formula is C19H22FNO6S. The first-order valence-corrected chi connectivity index (χ1v) is 10.6. The van der Waals surface area contributed by atoms with Gasteiger partial charge in [0, 0.05) is 19.1 Å². The predicted molar refractivity (Wildman–Crippen MR) is 99.0 cm³/mol. The minimum absolute atomic E-state index is 0.00202. The maximum absolute atomic E-state index is 13.2. The molecule has 3 rings (SSSR count). The topological polar surface area (TPSA) is 106 Å². The first-order valence-electron chi connectivity index (χ1n) is 8.80. The van der Waals surface area contributed by atoms with Gasteiger partial charge in [0.1, 0.15) is 23.9 Å². The highest BCUT2D eigenvalue weighted by Gasteiger charge is 2.40. The molecule has 0 spiro atoms. The summed E-state index contributed by atoms with van der Waals surface area (Å²) in [5.41, 5.74) is -0.187. The standard InChI is InChI=1S/C19H22FNO6S/c1-26-12-21-18(22)17-14(10-13-2-4-15(20)5-3-13)11-16(27-17)19(23)6-8-28(24,25)9-7-19/h2-5,11,23H,6-10,12H2,1H3,(H,21,22). The number of methoxy groups -OCH3 is 1. The molecule has 0 saturated carbocycles. The van der Waals surface area contributed by atoms with Crippen molar-refractivity contribution in [2.24, 2.45) is 0 Å². The summed E-state index contributed by atoms with van der Waals surface area (Å²) in [6.07, 6.45) is 0.282. The molecule has 2 aromatic rings. The molecule has 0 atom stereocenters. The van der Waals surface area contributed by atoms with Gasteiger partial charge in [-0.2, -0.15) is 0 Å². The Morgan fingerprint density at radius 1 is 1.29 bits per heavy atom. The predicted octanol–water partition coefficient (Wildman–Crippen LogP) is 1.74. The van der Waals surface area contributed by atoms with Gasteiger partial charge >= 0.3 is 0 Å². The van der Waals surface area contributed by atoms with E-state index < -0.39 is 21.3 Å². The van der Waals surface area contributed by atoms with Crippen LogP contribution in [0.25, 0.3) is 0 Å². The number of carbonyl (C=O) groups excluding carboxylic acids is 1. The van der Waals surface area contributed by atoms with Crippen LogP contribution < -0.4 is 5.32 Å². The number of rotatable bonds is 6. The Bertz CT molecular complexity index is 937. The summed E-state index contributed by atoms with van der Waals surface area (Å²) in [5, 5.41) is 13.4.